The number of benzene rings is 2. The highest BCUT2D eigenvalue weighted by Gasteiger charge is 2.09. The zero-order chi connectivity index (χ0) is 15.9. The van der Waals surface area contributed by atoms with Crippen LogP contribution in [0, 0.1) is 5.82 Å². The first-order chi connectivity index (χ1) is 10.6. The quantitative estimate of drug-likeness (QED) is 0.843. The van der Waals surface area contributed by atoms with E-state index < -0.39 is 0 Å². The summed E-state index contributed by atoms with van der Waals surface area (Å²) < 4.78 is 18.8. The highest BCUT2D eigenvalue weighted by molar-refractivity contribution is 9.10. The Morgan fingerprint density at radius 3 is 2.68 bits per heavy atom. The van der Waals surface area contributed by atoms with E-state index in [4.69, 9.17) is 4.74 Å². The fourth-order valence-electron chi connectivity index (χ4n) is 1.95. The van der Waals surface area contributed by atoms with Gasteiger partial charge in [-0.05, 0) is 45.6 Å². The summed E-state index contributed by atoms with van der Waals surface area (Å²) in [5.41, 5.74) is 1.17. The summed E-state index contributed by atoms with van der Waals surface area (Å²) in [5.74, 6) is 0.0923. The molecule has 3 nitrogen and oxygen atoms in total. The molecule has 1 amide bonds. The van der Waals surface area contributed by atoms with Crippen molar-refractivity contribution in [3.63, 3.8) is 0 Å². The number of ether oxygens (including phenoxy) is 1. The predicted octanol–water partition coefficient (Wildman–Crippen LogP) is 3.89. The van der Waals surface area contributed by atoms with Crippen LogP contribution in [0.4, 0.5) is 4.39 Å². The van der Waals surface area contributed by atoms with Gasteiger partial charge in [-0.2, -0.15) is 0 Å². The lowest BCUT2D eigenvalue weighted by Crippen LogP contribution is -2.31. The Balaban J connectivity index is 1.78. The third-order valence-corrected chi connectivity index (χ3v) is 3.85. The molecule has 0 bridgehead atoms. The molecule has 0 aliphatic heterocycles. The average Bonchev–Trinajstić information content (AvgIpc) is 2.52. The zero-order valence-electron chi connectivity index (χ0n) is 12.2. The minimum atomic E-state index is -0.361. The Morgan fingerprint density at radius 2 is 2.00 bits per heavy atom. The molecular weight excluding hydrogens is 349 g/mol. The van der Waals surface area contributed by atoms with Crippen LogP contribution in [0.3, 0.4) is 0 Å². The molecule has 116 valence electrons. The molecular formula is C17H17BrFNO2. The number of carbonyl (C=O) groups is 1. The lowest BCUT2D eigenvalue weighted by atomic mass is 10.0. The van der Waals surface area contributed by atoms with Crippen LogP contribution in [0.1, 0.15) is 18.4 Å². The van der Waals surface area contributed by atoms with E-state index in [-0.39, 0.29) is 24.2 Å². The number of hydrogen-bond donors (Lipinski definition) is 1. The van der Waals surface area contributed by atoms with Gasteiger partial charge in [-0.15, -0.1) is 0 Å². The van der Waals surface area contributed by atoms with Gasteiger partial charge in [-0.1, -0.05) is 37.3 Å². The van der Waals surface area contributed by atoms with Gasteiger partial charge in [-0.3, -0.25) is 4.79 Å². The molecule has 2 aromatic rings. The van der Waals surface area contributed by atoms with Crippen molar-refractivity contribution in [3.8, 4) is 5.75 Å². The number of rotatable bonds is 6. The van der Waals surface area contributed by atoms with E-state index in [2.05, 4.69) is 21.2 Å². The van der Waals surface area contributed by atoms with Crippen molar-refractivity contribution in [2.24, 2.45) is 0 Å². The number of nitrogens with one attached hydrogen (secondary N) is 1. The van der Waals surface area contributed by atoms with Crippen LogP contribution in [0.5, 0.6) is 5.75 Å². The van der Waals surface area contributed by atoms with Crippen LogP contribution < -0.4 is 10.1 Å². The van der Waals surface area contributed by atoms with Gasteiger partial charge in [0.25, 0.3) is 5.91 Å². The molecule has 2 rings (SSSR count). The summed E-state index contributed by atoms with van der Waals surface area (Å²) in [5, 5.41) is 2.83. The molecule has 0 aliphatic carbocycles. The first kappa shape index (κ1) is 16.5. The number of carbonyl (C=O) groups excluding carboxylic acids is 1. The molecule has 0 saturated carbocycles. The van der Waals surface area contributed by atoms with Gasteiger partial charge in [0.1, 0.15) is 11.6 Å². The monoisotopic (exact) mass is 365 g/mol. The summed E-state index contributed by atoms with van der Waals surface area (Å²) in [6.45, 7) is 2.48. The smallest absolute Gasteiger partial charge is 0.257 e. The van der Waals surface area contributed by atoms with Crippen LogP contribution in [-0.4, -0.2) is 19.1 Å². The molecule has 1 N–H and O–H groups in total. The Bertz CT molecular complexity index is 634. The van der Waals surface area contributed by atoms with E-state index in [0.717, 1.165) is 0 Å². The third kappa shape index (κ3) is 4.84. The van der Waals surface area contributed by atoms with Crippen molar-refractivity contribution >= 4 is 21.8 Å². The fourth-order valence-corrected chi connectivity index (χ4v) is 2.42. The summed E-state index contributed by atoms with van der Waals surface area (Å²) in [6.07, 6.45) is 0. The van der Waals surface area contributed by atoms with E-state index in [1.807, 2.05) is 37.3 Å². The van der Waals surface area contributed by atoms with Crippen molar-refractivity contribution in [1.29, 1.82) is 0 Å². The fraction of sp³-hybridized carbons (Fsp3) is 0.235. The van der Waals surface area contributed by atoms with Crippen LogP contribution in [0.15, 0.2) is 53.0 Å². The highest BCUT2D eigenvalue weighted by Crippen LogP contribution is 2.25. The van der Waals surface area contributed by atoms with Crippen LogP contribution in [0.2, 0.25) is 0 Å². The predicted molar refractivity (Wildman–Crippen MR) is 87.5 cm³/mol. The Kier molecular flexibility index (Phi) is 5.95. The molecule has 2 aromatic carbocycles. The topological polar surface area (TPSA) is 38.3 Å². The average molecular weight is 366 g/mol. The van der Waals surface area contributed by atoms with Gasteiger partial charge >= 0.3 is 0 Å². The lowest BCUT2D eigenvalue weighted by Gasteiger charge is -2.13. The molecule has 1 atom stereocenters. The zero-order valence-corrected chi connectivity index (χ0v) is 13.8. The minimum Gasteiger partial charge on any atom is -0.483 e. The maximum atomic E-state index is 13.0. The van der Waals surface area contributed by atoms with Gasteiger partial charge in [0.05, 0.1) is 4.47 Å². The van der Waals surface area contributed by atoms with Gasteiger partial charge in [0.15, 0.2) is 6.61 Å². The largest absolute Gasteiger partial charge is 0.483 e. The van der Waals surface area contributed by atoms with Crippen molar-refractivity contribution < 1.29 is 13.9 Å². The molecule has 22 heavy (non-hydrogen) atoms. The van der Waals surface area contributed by atoms with E-state index in [9.17, 15) is 9.18 Å². The first-order valence-electron chi connectivity index (χ1n) is 6.95. The number of amides is 1. The molecule has 0 fully saturated rings. The van der Waals surface area contributed by atoms with Crippen LogP contribution in [-0.2, 0) is 4.79 Å². The van der Waals surface area contributed by atoms with E-state index in [0.29, 0.717) is 16.8 Å². The first-order valence-corrected chi connectivity index (χ1v) is 7.75. The van der Waals surface area contributed by atoms with Gasteiger partial charge < -0.3 is 10.1 Å². The summed E-state index contributed by atoms with van der Waals surface area (Å²) in [6, 6.07) is 14.0. The third-order valence-electron chi connectivity index (χ3n) is 3.23. The highest BCUT2D eigenvalue weighted by atomic mass is 79.9. The van der Waals surface area contributed by atoms with E-state index in [1.54, 1.807) is 0 Å². The van der Waals surface area contributed by atoms with Crippen molar-refractivity contribution in [2.45, 2.75) is 12.8 Å². The van der Waals surface area contributed by atoms with Crippen LogP contribution >= 0.6 is 15.9 Å². The van der Waals surface area contributed by atoms with E-state index in [1.165, 1.54) is 23.8 Å². The van der Waals surface area contributed by atoms with Crippen molar-refractivity contribution in [1.82, 2.24) is 5.32 Å². The van der Waals surface area contributed by atoms with Crippen molar-refractivity contribution in [2.75, 3.05) is 13.2 Å². The van der Waals surface area contributed by atoms with Gasteiger partial charge in [-0.25, -0.2) is 4.39 Å². The van der Waals surface area contributed by atoms with E-state index >= 15 is 0 Å². The second kappa shape index (κ2) is 7.94. The molecule has 0 saturated heterocycles. The Morgan fingerprint density at radius 1 is 1.27 bits per heavy atom. The summed E-state index contributed by atoms with van der Waals surface area (Å²) in [7, 11) is 0. The maximum Gasteiger partial charge on any atom is 0.257 e. The van der Waals surface area contributed by atoms with Crippen LogP contribution in [0.25, 0.3) is 0 Å². The van der Waals surface area contributed by atoms with Gasteiger partial charge in [0, 0.05) is 6.54 Å². The minimum absolute atomic E-state index is 0.105. The Labute approximate surface area is 137 Å². The standard InChI is InChI=1S/C17H17BrFNO2/c1-12(13-5-3-2-4-6-13)10-20-17(21)11-22-16-8-7-14(19)9-15(16)18/h2-9,12H,10-11H2,1H3,(H,20,21)/t12-/m0/s1. The van der Waals surface area contributed by atoms with Gasteiger partial charge in [0.2, 0.25) is 0 Å². The Hall–Kier alpha value is -1.88. The molecule has 0 unspecified atom stereocenters. The summed E-state index contributed by atoms with van der Waals surface area (Å²) in [4.78, 5) is 11.8. The molecule has 0 spiro atoms. The second-order valence-corrected chi connectivity index (χ2v) is 5.83. The normalized spacial score (nSPS) is 11.8. The molecule has 0 heterocycles. The maximum absolute atomic E-state index is 13.0. The number of hydrogen-bond acceptors (Lipinski definition) is 2. The lowest BCUT2D eigenvalue weighted by molar-refractivity contribution is -0.123. The molecule has 0 radical (unpaired) electrons. The molecule has 5 heteroatoms. The number of halogens is 2. The molecule has 0 aromatic heterocycles. The molecule has 0 aliphatic rings. The SMILES string of the molecule is C[C@@H](CNC(=O)COc1ccc(F)cc1Br)c1ccccc1. The van der Waals surface area contributed by atoms with Crippen molar-refractivity contribution in [3.05, 3.63) is 64.4 Å². The second-order valence-electron chi connectivity index (χ2n) is 4.98. The summed E-state index contributed by atoms with van der Waals surface area (Å²) >= 11 is 3.19.